The number of carbonyl (C=O) groups excluding carboxylic acids is 1. The number of benzene rings is 1. The third-order valence-electron chi connectivity index (χ3n) is 5.15. The van der Waals surface area contributed by atoms with E-state index in [4.69, 9.17) is 11.6 Å². The summed E-state index contributed by atoms with van der Waals surface area (Å²) in [5.74, 6) is 1.14. The van der Waals surface area contributed by atoms with Crippen molar-refractivity contribution in [3.63, 3.8) is 0 Å². The van der Waals surface area contributed by atoms with Crippen molar-refractivity contribution >= 4 is 17.6 Å². The molecular formula is C18H25ClN2O2. The van der Waals surface area contributed by atoms with Gasteiger partial charge >= 0.3 is 6.03 Å². The van der Waals surface area contributed by atoms with Crippen molar-refractivity contribution in [3.8, 4) is 0 Å². The minimum Gasteiger partial charge on any atom is -0.393 e. The molecule has 5 heteroatoms. The third-order valence-corrected chi connectivity index (χ3v) is 5.40. The molecule has 0 heterocycles. The van der Waals surface area contributed by atoms with Crippen LogP contribution < -0.4 is 10.6 Å². The van der Waals surface area contributed by atoms with E-state index in [0.29, 0.717) is 16.9 Å². The van der Waals surface area contributed by atoms with Crippen molar-refractivity contribution < 1.29 is 9.90 Å². The van der Waals surface area contributed by atoms with Crippen molar-refractivity contribution in [1.82, 2.24) is 10.6 Å². The number of carbonyl (C=O) groups is 1. The first-order valence-corrected chi connectivity index (χ1v) is 8.91. The van der Waals surface area contributed by atoms with Crippen LogP contribution in [0.5, 0.6) is 0 Å². The van der Waals surface area contributed by atoms with Gasteiger partial charge in [0.05, 0.1) is 12.1 Å². The van der Waals surface area contributed by atoms with Crippen LogP contribution in [-0.4, -0.2) is 23.3 Å². The monoisotopic (exact) mass is 336 g/mol. The van der Waals surface area contributed by atoms with Crippen molar-refractivity contribution in [2.75, 3.05) is 0 Å². The smallest absolute Gasteiger partial charge is 0.315 e. The summed E-state index contributed by atoms with van der Waals surface area (Å²) in [7, 11) is 0. The van der Waals surface area contributed by atoms with Crippen LogP contribution in [0.2, 0.25) is 5.02 Å². The van der Waals surface area contributed by atoms with Crippen LogP contribution in [0.3, 0.4) is 0 Å². The SMILES string of the molecule is CC1CC1C(NC(=O)NC1CCC(O)CC1)c1ccc(Cl)cc1. The van der Waals surface area contributed by atoms with E-state index in [0.717, 1.165) is 37.7 Å². The lowest BCUT2D eigenvalue weighted by atomic mass is 9.93. The van der Waals surface area contributed by atoms with Crippen LogP contribution in [-0.2, 0) is 0 Å². The molecule has 3 unspecified atom stereocenters. The van der Waals surface area contributed by atoms with Crippen LogP contribution in [0.15, 0.2) is 24.3 Å². The van der Waals surface area contributed by atoms with Gasteiger partial charge in [-0.25, -0.2) is 4.79 Å². The Morgan fingerprint density at radius 3 is 2.39 bits per heavy atom. The largest absolute Gasteiger partial charge is 0.393 e. The van der Waals surface area contributed by atoms with Gasteiger partial charge in [0.15, 0.2) is 0 Å². The lowest BCUT2D eigenvalue weighted by molar-refractivity contribution is 0.117. The summed E-state index contributed by atoms with van der Waals surface area (Å²) in [4.78, 5) is 12.4. The molecule has 0 spiro atoms. The number of hydrogen-bond acceptors (Lipinski definition) is 2. The predicted molar refractivity (Wildman–Crippen MR) is 91.4 cm³/mol. The highest BCUT2D eigenvalue weighted by Crippen LogP contribution is 2.47. The average molecular weight is 337 g/mol. The molecule has 0 bridgehead atoms. The third kappa shape index (κ3) is 4.39. The molecule has 126 valence electrons. The Kier molecular flexibility index (Phi) is 5.12. The zero-order valence-electron chi connectivity index (χ0n) is 13.5. The fourth-order valence-electron chi connectivity index (χ4n) is 3.51. The molecule has 0 aliphatic heterocycles. The van der Waals surface area contributed by atoms with Crippen LogP contribution >= 0.6 is 11.6 Å². The molecule has 2 saturated carbocycles. The fraction of sp³-hybridized carbons (Fsp3) is 0.611. The molecule has 0 aromatic heterocycles. The molecule has 2 amide bonds. The fourth-order valence-corrected chi connectivity index (χ4v) is 3.64. The molecule has 3 N–H and O–H groups in total. The quantitative estimate of drug-likeness (QED) is 0.786. The Morgan fingerprint density at radius 1 is 1.22 bits per heavy atom. The first kappa shape index (κ1) is 16.6. The van der Waals surface area contributed by atoms with Crippen LogP contribution in [0.4, 0.5) is 4.79 Å². The summed E-state index contributed by atoms with van der Waals surface area (Å²) in [5.41, 5.74) is 1.11. The number of urea groups is 1. The first-order valence-electron chi connectivity index (χ1n) is 8.53. The number of hydrogen-bond donors (Lipinski definition) is 3. The minimum absolute atomic E-state index is 0.0384. The Labute approximate surface area is 142 Å². The Balaban J connectivity index is 1.60. The zero-order chi connectivity index (χ0) is 16.4. The lowest BCUT2D eigenvalue weighted by Crippen LogP contribution is -2.45. The van der Waals surface area contributed by atoms with Gasteiger partial charge in [0.1, 0.15) is 0 Å². The molecular weight excluding hydrogens is 312 g/mol. The molecule has 2 fully saturated rings. The number of halogens is 1. The number of amides is 2. The average Bonchev–Trinajstić information content (AvgIpc) is 3.25. The van der Waals surface area contributed by atoms with Gasteiger partial charge in [-0.1, -0.05) is 30.7 Å². The molecule has 1 aromatic rings. The van der Waals surface area contributed by atoms with Crippen LogP contribution in [0.1, 0.15) is 50.6 Å². The van der Waals surface area contributed by atoms with Gasteiger partial charge in [-0.2, -0.15) is 0 Å². The second-order valence-electron chi connectivity index (χ2n) is 7.03. The van der Waals surface area contributed by atoms with Gasteiger partial charge in [-0.05, 0) is 61.6 Å². The molecule has 2 aliphatic carbocycles. The van der Waals surface area contributed by atoms with E-state index < -0.39 is 0 Å². The van der Waals surface area contributed by atoms with E-state index in [2.05, 4.69) is 17.6 Å². The van der Waals surface area contributed by atoms with Gasteiger partial charge < -0.3 is 15.7 Å². The maximum atomic E-state index is 12.4. The van der Waals surface area contributed by atoms with Gasteiger partial charge in [-0.3, -0.25) is 0 Å². The molecule has 3 atom stereocenters. The molecule has 4 nitrogen and oxygen atoms in total. The second kappa shape index (κ2) is 7.10. The zero-order valence-corrected chi connectivity index (χ0v) is 14.2. The van der Waals surface area contributed by atoms with Gasteiger partial charge in [0, 0.05) is 11.1 Å². The van der Waals surface area contributed by atoms with E-state index in [1.54, 1.807) is 0 Å². The maximum absolute atomic E-state index is 12.4. The Hall–Kier alpha value is -1.26. The molecule has 23 heavy (non-hydrogen) atoms. The van der Waals surface area contributed by atoms with E-state index in [9.17, 15) is 9.90 Å². The van der Waals surface area contributed by atoms with E-state index in [1.165, 1.54) is 0 Å². The molecule has 3 rings (SSSR count). The molecule has 0 radical (unpaired) electrons. The molecule has 1 aromatic carbocycles. The number of rotatable bonds is 4. The summed E-state index contributed by atoms with van der Waals surface area (Å²) in [6, 6.07) is 7.84. The van der Waals surface area contributed by atoms with Crippen molar-refractivity contribution in [1.29, 1.82) is 0 Å². The first-order chi connectivity index (χ1) is 11.0. The van der Waals surface area contributed by atoms with E-state index in [-0.39, 0.29) is 24.2 Å². The van der Waals surface area contributed by atoms with Crippen molar-refractivity contribution in [3.05, 3.63) is 34.9 Å². The Bertz CT molecular complexity index is 540. The van der Waals surface area contributed by atoms with Crippen molar-refractivity contribution in [2.24, 2.45) is 11.8 Å². The standard InChI is InChI=1S/C18H25ClN2O2/c1-11-10-16(11)17(12-2-4-13(19)5-3-12)21-18(23)20-14-6-8-15(22)9-7-14/h2-5,11,14-17,22H,6-10H2,1H3,(H2,20,21,23). The molecule has 0 saturated heterocycles. The van der Waals surface area contributed by atoms with Crippen LogP contribution in [0.25, 0.3) is 0 Å². The highest BCUT2D eigenvalue weighted by molar-refractivity contribution is 6.30. The summed E-state index contributed by atoms with van der Waals surface area (Å²) >= 11 is 5.97. The van der Waals surface area contributed by atoms with E-state index in [1.807, 2.05) is 24.3 Å². The highest BCUT2D eigenvalue weighted by atomic mass is 35.5. The number of nitrogens with one attached hydrogen (secondary N) is 2. The van der Waals surface area contributed by atoms with Gasteiger partial charge in [-0.15, -0.1) is 0 Å². The lowest BCUT2D eigenvalue weighted by Gasteiger charge is -2.27. The summed E-state index contributed by atoms with van der Waals surface area (Å²) < 4.78 is 0. The minimum atomic E-state index is -0.203. The summed E-state index contributed by atoms with van der Waals surface area (Å²) in [5, 5.41) is 16.5. The van der Waals surface area contributed by atoms with Crippen molar-refractivity contribution in [2.45, 2.75) is 57.2 Å². The van der Waals surface area contributed by atoms with Gasteiger partial charge in [0.25, 0.3) is 0 Å². The topological polar surface area (TPSA) is 61.4 Å². The summed E-state index contributed by atoms with van der Waals surface area (Å²) in [6.07, 6.45) is 4.17. The number of aliphatic hydroxyl groups excluding tert-OH is 1. The highest BCUT2D eigenvalue weighted by Gasteiger charge is 2.41. The molecule has 2 aliphatic rings. The van der Waals surface area contributed by atoms with E-state index >= 15 is 0 Å². The Morgan fingerprint density at radius 2 is 1.83 bits per heavy atom. The normalized spacial score (nSPS) is 31.3. The predicted octanol–water partition coefficient (Wildman–Crippen LogP) is 3.64. The maximum Gasteiger partial charge on any atom is 0.315 e. The second-order valence-corrected chi connectivity index (χ2v) is 7.47. The van der Waals surface area contributed by atoms with Crippen LogP contribution in [0, 0.1) is 11.8 Å². The summed E-state index contributed by atoms with van der Waals surface area (Å²) in [6.45, 7) is 2.22. The number of aliphatic hydroxyl groups is 1. The van der Waals surface area contributed by atoms with Gasteiger partial charge in [0.2, 0.25) is 0 Å².